The van der Waals surface area contributed by atoms with Gasteiger partial charge in [0, 0.05) is 33.2 Å². The molecule has 0 spiro atoms. The standard InChI is InChI=1S/C16H19ClN2S/c1-3-8-19-12(2)15-5-4-14(11-16(15)17)20-13-6-9-18-10-7-13/h4-7,9-12,19H,3,8H2,1-2H3. The molecule has 20 heavy (non-hydrogen) atoms. The third-order valence-electron chi connectivity index (χ3n) is 3.02. The second-order valence-corrected chi connectivity index (χ2v) is 6.20. The highest BCUT2D eigenvalue weighted by atomic mass is 35.5. The molecule has 2 rings (SSSR count). The van der Waals surface area contributed by atoms with Crippen molar-refractivity contribution in [1.29, 1.82) is 0 Å². The van der Waals surface area contributed by atoms with Crippen molar-refractivity contribution in [2.24, 2.45) is 0 Å². The summed E-state index contributed by atoms with van der Waals surface area (Å²) in [5, 5.41) is 4.28. The largest absolute Gasteiger partial charge is 0.310 e. The first kappa shape index (κ1) is 15.4. The summed E-state index contributed by atoms with van der Waals surface area (Å²) in [6, 6.07) is 10.5. The van der Waals surface area contributed by atoms with Crippen LogP contribution in [-0.4, -0.2) is 11.5 Å². The molecule has 4 heteroatoms. The second-order valence-electron chi connectivity index (χ2n) is 4.64. The average Bonchev–Trinajstić information content (AvgIpc) is 2.46. The van der Waals surface area contributed by atoms with E-state index in [0.717, 1.165) is 28.4 Å². The number of nitrogens with one attached hydrogen (secondary N) is 1. The van der Waals surface area contributed by atoms with E-state index in [1.165, 1.54) is 4.90 Å². The molecule has 0 radical (unpaired) electrons. The van der Waals surface area contributed by atoms with Gasteiger partial charge >= 0.3 is 0 Å². The molecule has 2 nitrogen and oxygen atoms in total. The van der Waals surface area contributed by atoms with Crippen molar-refractivity contribution in [3.05, 3.63) is 53.3 Å². The molecular weight excluding hydrogens is 288 g/mol. The Kier molecular flexibility index (Phi) is 5.89. The normalized spacial score (nSPS) is 12.3. The van der Waals surface area contributed by atoms with Gasteiger partial charge in [-0.15, -0.1) is 0 Å². The molecule has 0 aliphatic carbocycles. The first-order valence-corrected chi connectivity index (χ1v) is 8.01. The van der Waals surface area contributed by atoms with Crippen LogP contribution in [0.15, 0.2) is 52.5 Å². The van der Waals surface area contributed by atoms with Crippen molar-refractivity contribution in [3.63, 3.8) is 0 Å². The minimum absolute atomic E-state index is 0.280. The highest BCUT2D eigenvalue weighted by Crippen LogP contribution is 2.32. The Morgan fingerprint density at radius 1 is 1.20 bits per heavy atom. The number of benzene rings is 1. The molecule has 0 aliphatic heterocycles. The Morgan fingerprint density at radius 2 is 1.95 bits per heavy atom. The minimum Gasteiger partial charge on any atom is -0.310 e. The Bertz CT molecular complexity index is 545. The molecule has 1 aromatic heterocycles. The lowest BCUT2D eigenvalue weighted by Crippen LogP contribution is -2.19. The maximum atomic E-state index is 6.40. The SMILES string of the molecule is CCCNC(C)c1ccc(Sc2ccncc2)cc1Cl. The number of nitrogens with zero attached hydrogens (tertiary/aromatic N) is 1. The maximum absolute atomic E-state index is 6.40. The molecule has 106 valence electrons. The fourth-order valence-corrected chi connectivity index (χ4v) is 3.19. The van der Waals surface area contributed by atoms with E-state index in [2.05, 4.69) is 36.3 Å². The molecule has 1 N–H and O–H groups in total. The zero-order chi connectivity index (χ0) is 14.4. The van der Waals surface area contributed by atoms with Crippen molar-refractivity contribution >= 4 is 23.4 Å². The summed E-state index contributed by atoms with van der Waals surface area (Å²) < 4.78 is 0. The van der Waals surface area contributed by atoms with E-state index < -0.39 is 0 Å². The van der Waals surface area contributed by atoms with Gasteiger partial charge in [0.25, 0.3) is 0 Å². The van der Waals surface area contributed by atoms with Crippen molar-refractivity contribution in [1.82, 2.24) is 10.3 Å². The minimum atomic E-state index is 0.280. The van der Waals surface area contributed by atoms with Gasteiger partial charge in [-0.2, -0.15) is 0 Å². The molecule has 0 saturated carbocycles. The quantitative estimate of drug-likeness (QED) is 0.817. The van der Waals surface area contributed by atoms with Crippen molar-refractivity contribution in [3.8, 4) is 0 Å². The van der Waals surface area contributed by atoms with Crippen LogP contribution in [0.1, 0.15) is 31.9 Å². The van der Waals surface area contributed by atoms with Crippen LogP contribution in [0.2, 0.25) is 5.02 Å². The second kappa shape index (κ2) is 7.67. The van der Waals surface area contributed by atoms with E-state index in [9.17, 15) is 0 Å². The summed E-state index contributed by atoms with van der Waals surface area (Å²) in [5.74, 6) is 0. The van der Waals surface area contributed by atoms with Gasteiger partial charge in [-0.05, 0) is 49.7 Å². The molecule has 2 aromatic rings. The van der Waals surface area contributed by atoms with E-state index >= 15 is 0 Å². The Labute approximate surface area is 130 Å². The molecular formula is C16H19ClN2S. The number of hydrogen-bond acceptors (Lipinski definition) is 3. The highest BCUT2D eigenvalue weighted by Gasteiger charge is 2.09. The predicted molar refractivity (Wildman–Crippen MR) is 86.5 cm³/mol. The molecule has 0 bridgehead atoms. The first-order chi connectivity index (χ1) is 9.70. The molecule has 0 fully saturated rings. The highest BCUT2D eigenvalue weighted by molar-refractivity contribution is 7.99. The Balaban J connectivity index is 2.09. The fourth-order valence-electron chi connectivity index (χ4n) is 1.94. The molecule has 1 unspecified atom stereocenters. The van der Waals surface area contributed by atoms with Crippen LogP contribution in [0.5, 0.6) is 0 Å². The third-order valence-corrected chi connectivity index (χ3v) is 4.35. The van der Waals surface area contributed by atoms with Gasteiger partial charge in [-0.3, -0.25) is 4.98 Å². The van der Waals surface area contributed by atoms with Crippen LogP contribution < -0.4 is 5.32 Å². The molecule has 0 saturated heterocycles. The topological polar surface area (TPSA) is 24.9 Å². The van der Waals surface area contributed by atoms with Gasteiger partial charge in [0.2, 0.25) is 0 Å². The van der Waals surface area contributed by atoms with Crippen LogP contribution in [0.25, 0.3) is 0 Å². The summed E-state index contributed by atoms with van der Waals surface area (Å²) in [4.78, 5) is 6.34. The summed E-state index contributed by atoms with van der Waals surface area (Å²) in [5.41, 5.74) is 1.15. The molecule has 1 heterocycles. The lowest BCUT2D eigenvalue weighted by atomic mass is 10.1. The van der Waals surface area contributed by atoms with Gasteiger partial charge in [0.1, 0.15) is 0 Å². The van der Waals surface area contributed by atoms with Crippen molar-refractivity contribution in [2.75, 3.05) is 6.54 Å². The fraction of sp³-hybridized carbons (Fsp3) is 0.312. The molecule has 0 aliphatic rings. The Hall–Kier alpha value is -1.03. The third kappa shape index (κ3) is 4.23. The zero-order valence-corrected chi connectivity index (χ0v) is 13.3. The summed E-state index contributed by atoms with van der Waals surface area (Å²) >= 11 is 8.10. The molecule has 0 amide bonds. The number of pyridine rings is 1. The summed E-state index contributed by atoms with van der Waals surface area (Å²) in [6.07, 6.45) is 4.72. The average molecular weight is 307 g/mol. The van der Waals surface area contributed by atoms with Gasteiger partial charge < -0.3 is 5.32 Å². The zero-order valence-electron chi connectivity index (χ0n) is 11.8. The van der Waals surface area contributed by atoms with Crippen LogP contribution in [0.3, 0.4) is 0 Å². The maximum Gasteiger partial charge on any atom is 0.0464 e. The molecule has 1 aromatic carbocycles. The molecule has 1 atom stereocenters. The van der Waals surface area contributed by atoms with E-state index in [1.807, 2.05) is 18.2 Å². The smallest absolute Gasteiger partial charge is 0.0464 e. The monoisotopic (exact) mass is 306 g/mol. The van der Waals surface area contributed by atoms with Gasteiger partial charge in [-0.1, -0.05) is 36.4 Å². The lowest BCUT2D eigenvalue weighted by Gasteiger charge is -2.16. The van der Waals surface area contributed by atoms with Gasteiger partial charge in [-0.25, -0.2) is 0 Å². The predicted octanol–water partition coefficient (Wildman–Crippen LogP) is 4.95. The van der Waals surface area contributed by atoms with E-state index in [-0.39, 0.29) is 6.04 Å². The number of aromatic nitrogens is 1. The van der Waals surface area contributed by atoms with Crippen LogP contribution in [0.4, 0.5) is 0 Å². The van der Waals surface area contributed by atoms with Crippen LogP contribution in [0, 0.1) is 0 Å². The van der Waals surface area contributed by atoms with Gasteiger partial charge in [0.15, 0.2) is 0 Å². The van der Waals surface area contributed by atoms with E-state index in [1.54, 1.807) is 24.2 Å². The lowest BCUT2D eigenvalue weighted by molar-refractivity contribution is 0.570. The summed E-state index contributed by atoms with van der Waals surface area (Å²) in [6.45, 7) is 5.31. The van der Waals surface area contributed by atoms with E-state index in [4.69, 9.17) is 11.6 Å². The van der Waals surface area contributed by atoms with Crippen LogP contribution >= 0.6 is 23.4 Å². The van der Waals surface area contributed by atoms with Gasteiger partial charge in [0.05, 0.1) is 0 Å². The Morgan fingerprint density at radius 3 is 2.60 bits per heavy atom. The summed E-state index contributed by atoms with van der Waals surface area (Å²) in [7, 11) is 0. The first-order valence-electron chi connectivity index (χ1n) is 6.81. The van der Waals surface area contributed by atoms with Crippen molar-refractivity contribution < 1.29 is 0 Å². The van der Waals surface area contributed by atoms with Crippen LogP contribution in [-0.2, 0) is 0 Å². The number of hydrogen-bond donors (Lipinski definition) is 1. The number of halogens is 1. The van der Waals surface area contributed by atoms with E-state index in [0.29, 0.717) is 0 Å². The number of rotatable bonds is 6. The van der Waals surface area contributed by atoms with Crippen molar-refractivity contribution in [2.45, 2.75) is 36.1 Å².